The molecule has 0 saturated heterocycles. The highest BCUT2D eigenvalue weighted by Crippen LogP contribution is 2.35. The monoisotopic (exact) mass is 374 g/mol. The van der Waals surface area contributed by atoms with Crippen molar-refractivity contribution in [3.8, 4) is 22.8 Å². The van der Waals surface area contributed by atoms with Gasteiger partial charge in [0.15, 0.2) is 11.5 Å². The number of para-hydroxylation sites is 1. The van der Waals surface area contributed by atoms with Crippen LogP contribution >= 0.6 is 0 Å². The van der Waals surface area contributed by atoms with E-state index in [9.17, 15) is 4.79 Å². The Kier molecular flexibility index (Phi) is 4.15. The molecule has 2 aromatic carbocycles. The number of nitrogens with one attached hydrogen (secondary N) is 1. The number of rotatable bonds is 4. The van der Waals surface area contributed by atoms with Gasteiger partial charge in [-0.05, 0) is 56.0 Å². The molecule has 5 rings (SSSR count). The molecule has 28 heavy (non-hydrogen) atoms. The summed E-state index contributed by atoms with van der Waals surface area (Å²) < 4.78 is 11.3. The summed E-state index contributed by atoms with van der Waals surface area (Å²) in [6, 6.07) is 15.6. The molecule has 142 valence electrons. The number of amides is 1. The molecule has 3 aromatic rings. The van der Waals surface area contributed by atoms with Crippen LogP contribution in [0, 0.1) is 5.92 Å². The van der Waals surface area contributed by atoms with E-state index in [-0.39, 0.29) is 11.9 Å². The van der Waals surface area contributed by atoms with Gasteiger partial charge in [-0.1, -0.05) is 18.2 Å². The minimum absolute atomic E-state index is 0.0446. The van der Waals surface area contributed by atoms with E-state index in [1.807, 2.05) is 48.5 Å². The zero-order valence-electron chi connectivity index (χ0n) is 15.8. The van der Waals surface area contributed by atoms with Gasteiger partial charge >= 0.3 is 0 Å². The summed E-state index contributed by atoms with van der Waals surface area (Å²) in [6.07, 6.45) is 2.39. The number of ether oxygens (including phenoxy) is 2. The van der Waals surface area contributed by atoms with Crippen molar-refractivity contribution in [3.05, 3.63) is 54.1 Å². The standard InChI is InChI=1S/C23H22N2O3/c1-14(15-6-7-15)24-23(26)18-13-20(25-19-5-3-2-4-17(18)19)16-8-9-21-22(12-16)28-11-10-27-21/h2-5,8-9,12-15H,6-7,10-11H2,1H3,(H,24,26). The third-order valence-electron chi connectivity index (χ3n) is 5.49. The second-order valence-corrected chi connectivity index (χ2v) is 7.53. The lowest BCUT2D eigenvalue weighted by Gasteiger charge is -2.19. The van der Waals surface area contributed by atoms with Gasteiger partial charge in [-0.3, -0.25) is 4.79 Å². The van der Waals surface area contributed by atoms with E-state index >= 15 is 0 Å². The lowest BCUT2D eigenvalue weighted by Crippen LogP contribution is -2.34. The molecule has 1 N–H and O–H groups in total. The topological polar surface area (TPSA) is 60.5 Å². The highest BCUT2D eigenvalue weighted by Gasteiger charge is 2.29. The van der Waals surface area contributed by atoms with E-state index < -0.39 is 0 Å². The number of benzene rings is 2. The number of pyridine rings is 1. The molecule has 0 bridgehead atoms. The van der Waals surface area contributed by atoms with E-state index in [1.54, 1.807) is 0 Å². The van der Waals surface area contributed by atoms with E-state index in [0.29, 0.717) is 30.4 Å². The molecule has 1 saturated carbocycles. The number of nitrogens with zero attached hydrogens (tertiary/aromatic N) is 1. The average molecular weight is 374 g/mol. The highest BCUT2D eigenvalue weighted by atomic mass is 16.6. The van der Waals surface area contributed by atoms with Gasteiger partial charge in [-0.15, -0.1) is 0 Å². The van der Waals surface area contributed by atoms with Gasteiger partial charge in [0, 0.05) is 17.0 Å². The number of fused-ring (bicyclic) bond motifs is 2. The van der Waals surface area contributed by atoms with Crippen LogP contribution in [0.15, 0.2) is 48.5 Å². The predicted octanol–water partition coefficient (Wildman–Crippen LogP) is 4.20. The lowest BCUT2D eigenvalue weighted by atomic mass is 10.0. The van der Waals surface area contributed by atoms with E-state index in [1.165, 1.54) is 12.8 Å². The van der Waals surface area contributed by atoms with Crippen LogP contribution in [-0.2, 0) is 0 Å². The van der Waals surface area contributed by atoms with Gasteiger partial charge in [-0.2, -0.15) is 0 Å². The number of hydrogen-bond acceptors (Lipinski definition) is 4. The van der Waals surface area contributed by atoms with Gasteiger partial charge in [0.05, 0.1) is 16.8 Å². The number of carbonyl (C=O) groups excluding carboxylic acids is 1. The maximum Gasteiger partial charge on any atom is 0.252 e. The molecule has 1 aliphatic carbocycles. The van der Waals surface area contributed by atoms with Crippen LogP contribution in [0.2, 0.25) is 0 Å². The Labute approximate surface area is 163 Å². The number of carbonyl (C=O) groups is 1. The van der Waals surface area contributed by atoms with Crippen molar-refractivity contribution in [3.63, 3.8) is 0 Å². The molecular formula is C23H22N2O3. The Balaban J connectivity index is 1.57. The van der Waals surface area contributed by atoms with Gasteiger partial charge in [0.2, 0.25) is 0 Å². The van der Waals surface area contributed by atoms with Crippen molar-refractivity contribution < 1.29 is 14.3 Å². The minimum atomic E-state index is -0.0446. The largest absolute Gasteiger partial charge is 0.486 e. The molecule has 1 aliphatic heterocycles. The fourth-order valence-electron chi connectivity index (χ4n) is 3.71. The van der Waals surface area contributed by atoms with Crippen molar-refractivity contribution in [2.45, 2.75) is 25.8 Å². The zero-order valence-corrected chi connectivity index (χ0v) is 15.8. The third-order valence-corrected chi connectivity index (χ3v) is 5.49. The van der Waals surface area contributed by atoms with Crippen LogP contribution in [-0.4, -0.2) is 30.1 Å². The Bertz CT molecular complexity index is 1060. The fraction of sp³-hybridized carbons (Fsp3) is 0.304. The average Bonchev–Trinajstić information content (AvgIpc) is 3.58. The van der Waals surface area contributed by atoms with Crippen molar-refractivity contribution in [1.82, 2.24) is 10.3 Å². The van der Waals surface area contributed by atoms with E-state index in [2.05, 4.69) is 12.2 Å². The molecular weight excluding hydrogens is 352 g/mol. The van der Waals surface area contributed by atoms with Gasteiger partial charge < -0.3 is 14.8 Å². The van der Waals surface area contributed by atoms with Crippen molar-refractivity contribution in [1.29, 1.82) is 0 Å². The molecule has 1 aromatic heterocycles. The first-order chi connectivity index (χ1) is 13.7. The predicted molar refractivity (Wildman–Crippen MR) is 108 cm³/mol. The fourth-order valence-corrected chi connectivity index (χ4v) is 3.71. The smallest absolute Gasteiger partial charge is 0.252 e. The maximum atomic E-state index is 13.0. The Morgan fingerprint density at radius 2 is 1.86 bits per heavy atom. The number of aromatic nitrogens is 1. The van der Waals surface area contributed by atoms with Gasteiger partial charge in [0.1, 0.15) is 13.2 Å². The van der Waals surface area contributed by atoms with Gasteiger partial charge in [-0.25, -0.2) is 4.98 Å². The van der Waals surface area contributed by atoms with E-state index in [4.69, 9.17) is 14.5 Å². The summed E-state index contributed by atoms with van der Waals surface area (Å²) in [7, 11) is 0. The quantitative estimate of drug-likeness (QED) is 0.743. The summed E-state index contributed by atoms with van der Waals surface area (Å²) in [6.45, 7) is 3.18. The van der Waals surface area contributed by atoms with Crippen LogP contribution in [0.3, 0.4) is 0 Å². The molecule has 0 spiro atoms. The summed E-state index contributed by atoms with van der Waals surface area (Å²) in [4.78, 5) is 17.8. The second kappa shape index (κ2) is 6.82. The molecule has 1 fully saturated rings. The maximum absolute atomic E-state index is 13.0. The minimum Gasteiger partial charge on any atom is -0.486 e. The lowest BCUT2D eigenvalue weighted by molar-refractivity contribution is 0.0937. The highest BCUT2D eigenvalue weighted by molar-refractivity contribution is 6.07. The zero-order chi connectivity index (χ0) is 19.1. The third kappa shape index (κ3) is 3.17. The molecule has 1 atom stereocenters. The molecule has 0 radical (unpaired) electrons. The summed E-state index contributed by atoms with van der Waals surface area (Å²) in [5.41, 5.74) is 3.11. The van der Waals surface area contributed by atoms with Crippen molar-refractivity contribution >= 4 is 16.8 Å². The molecule has 1 unspecified atom stereocenters. The van der Waals surface area contributed by atoms with Crippen LogP contribution in [0.25, 0.3) is 22.2 Å². The summed E-state index contributed by atoms with van der Waals surface area (Å²) in [5, 5.41) is 4.03. The van der Waals surface area contributed by atoms with Crippen molar-refractivity contribution in [2.75, 3.05) is 13.2 Å². The normalized spacial score (nSPS) is 16.6. The summed E-state index contributed by atoms with van der Waals surface area (Å²) in [5.74, 6) is 2.02. The molecule has 1 amide bonds. The van der Waals surface area contributed by atoms with E-state index in [0.717, 1.165) is 27.9 Å². The van der Waals surface area contributed by atoms with Gasteiger partial charge in [0.25, 0.3) is 5.91 Å². The SMILES string of the molecule is CC(NC(=O)c1cc(-c2ccc3c(c2)OCCO3)nc2ccccc12)C1CC1. The summed E-state index contributed by atoms with van der Waals surface area (Å²) >= 11 is 0. The van der Waals surface area contributed by atoms with Crippen LogP contribution in [0.1, 0.15) is 30.1 Å². The molecule has 2 heterocycles. The first-order valence-corrected chi connectivity index (χ1v) is 9.80. The van der Waals surface area contributed by atoms with Crippen LogP contribution < -0.4 is 14.8 Å². The first-order valence-electron chi connectivity index (χ1n) is 9.80. The Morgan fingerprint density at radius 3 is 2.68 bits per heavy atom. The Hall–Kier alpha value is -3.08. The molecule has 5 heteroatoms. The molecule has 5 nitrogen and oxygen atoms in total. The Morgan fingerprint density at radius 1 is 1.07 bits per heavy atom. The second-order valence-electron chi connectivity index (χ2n) is 7.53. The molecule has 2 aliphatic rings. The van der Waals surface area contributed by atoms with Crippen LogP contribution in [0.5, 0.6) is 11.5 Å². The van der Waals surface area contributed by atoms with Crippen LogP contribution in [0.4, 0.5) is 0 Å². The number of hydrogen-bond donors (Lipinski definition) is 1. The first kappa shape index (κ1) is 17.0. The van der Waals surface area contributed by atoms with Crippen molar-refractivity contribution in [2.24, 2.45) is 5.92 Å².